The molecule has 0 saturated carbocycles. The van der Waals surface area contributed by atoms with E-state index in [4.69, 9.17) is 33.7 Å². The molecule has 2 nitrogen and oxygen atoms in total. The average Bonchev–Trinajstić information content (AvgIpc) is 2.45. The second-order valence-electron chi connectivity index (χ2n) is 4.63. The Hall–Kier alpha value is -1.22. The number of rotatable bonds is 5. The average molecular weight is 310 g/mol. The highest BCUT2D eigenvalue weighted by Gasteiger charge is 2.13. The standard InChI is InChI=1S/C16H17Cl2NO/c1-20-12-8-5-11(6-9-12)7-10-15(19)16-13(17)3-2-4-14(16)18/h2-6,8-9,15H,7,10,19H2,1H3. The van der Waals surface area contributed by atoms with Gasteiger partial charge in [0, 0.05) is 21.7 Å². The number of aryl methyl sites for hydroxylation is 1. The Labute approximate surface area is 129 Å². The number of nitrogens with two attached hydrogens (primary N) is 1. The number of benzene rings is 2. The first-order valence-corrected chi connectivity index (χ1v) is 7.20. The van der Waals surface area contributed by atoms with Crippen LogP contribution in [0.1, 0.15) is 23.6 Å². The molecule has 2 aromatic carbocycles. The molecule has 2 N–H and O–H groups in total. The number of hydrogen-bond donors (Lipinski definition) is 1. The first-order chi connectivity index (χ1) is 9.61. The van der Waals surface area contributed by atoms with Crippen LogP contribution in [0, 0.1) is 0 Å². The van der Waals surface area contributed by atoms with E-state index in [0.29, 0.717) is 10.0 Å². The Balaban J connectivity index is 2.02. The summed E-state index contributed by atoms with van der Waals surface area (Å²) in [5, 5.41) is 1.25. The lowest BCUT2D eigenvalue weighted by molar-refractivity contribution is 0.414. The zero-order valence-electron chi connectivity index (χ0n) is 11.3. The van der Waals surface area contributed by atoms with Gasteiger partial charge in [-0.1, -0.05) is 41.4 Å². The van der Waals surface area contributed by atoms with Gasteiger partial charge in [0.05, 0.1) is 7.11 Å². The van der Waals surface area contributed by atoms with Crippen LogP contribution in [0.2, 0.25) is 10.0 Å². The van der Waals surface area contributed by atoms with E-state index in [1.165, 1.54) is 5.56 Å². The number of ether oxygens (including phenoxy) is 1. The summed E-state index contributed by atoms with van der Waals surface area (Å²) in [5.41, 5.74) is 8.24. The molecule has 106 valence electrons. The molecule has 0 amide bonds. The van der Waals surface area contributed by atoms with Gasteiger partial charge < -0.3 is 10.5 Å². The molecule has 0 saturated heterocycles. The molecule has 0 aliphatic carbocycles. The van der Waals surface area contributed by atoms with Crippen LogP contribution in [0.15, 0.2) is 42.5 Å². The SMILES string of the molecule is COc1ccc(CCC(N)c2c(Cl)cccc2Cl)cc1. The molecule has 0 aliphatic heterocycles. The zero-order valence-corrected chi connectivity index (χ0v) is 12.8. The van der Waals surface area contributed by atoms with Gasteiger partial charge in [0.1, 0.15) is 5.75 Å². The molecule has 1 atom stereocenters. The first-order valence-electron chi connectivity index (χ1n) is 6.44. The van der Waals surface area contributed by atoms with Crippen molar-refractivity contribution in [2.45, 2.75) is 18.9 Å². The quantitative estimate of drug-likeness (QED) is 0.873. The van der Waals surface area contributed by atoms with E-state index >= 15 is 0 Å². The van der Waals surface area contributed by atoms with E-state index in [0.717, 1.165) is 24.2 Å². The van der Waals surface area contributed by atoms with Crippen LogP contribution in [0.5, 0.6) is 5.75 Å². The molecule has 0 aromatic heterocycles. The topological polar surface area (TPSA) is 35.2 Å². The van der Waals surface area contributed by atoms with E-state index < -0.39 is 0 Å². The summed E-state index contributed by atoms with van der Waals surface area (Å²) in [6.45, 7) is 0. The van der Waals surface area contributed by atoms with Crippen molar-refractivity contribution in [3.05, 3.63) is 63.6 Å². The zero-order chi connectivity index (χ0) is 14.5. The highest BCUT2D eigenvalue weighted by molar-refractivity contribution is 6.36. The number of hydrogen-bond acceptors (Lipinski definition) is 2. The van der Waals surface area contributed by atoms with Gasteiger partial charge in [-0.25, -0.2) is 0 Å². The Morgan fingerprint density at radius 2 is 1.65 bits per heavy atom. The van der Waals surface area contributed by atoms with Crippen molar-refractivity contribution < 1.29 is 4.74 Å². The maximum atomic E-state index is 6.21. The third-order valence-electron chi connectivity index (χ3n) is 3.27. The lowest BCUT2D eigenvalue weighted by atomic mass is 9.99. The monoisotopic (exact) mass is 309 g/mol. The predicted octanol–water partition coefficient (Wildman–Crippen LogP) is 4.63. The Morgan fingerprint density at radius 1 is 1.05 bits per heavy atom. The van der Waals surface area contributed by atoms with E-state index in [2.05, 4.69) is 0 Å². The van der Waals surface area contributed by atoms with Crippen LogP contribution in [0.4, 0.5) is 0 Å². The summed E-state index contributed by atoms with van der Waals surface area (Å²) < 4.78 is 5.14. The maximum Gasteiger partial charge on any atom is 0.118 e. The second-order valence-corrected chi connectivity index (χ2v) is 5.44. The summed E-state index contributed by atoms with van der Waals surface area (Å²) in [6.07, 6.45) is 1.66. The smallest absolute Gasteiger partial charge is 0.118 e. The molecule has 0 fully saturated rings. The van der Waals surface area contributed by atoms with Gasteiger partial charge in [-0.3, -0.25) is 0 Å². The van der Waals surface area contributed by atoms with Crippen molar-refractivity contribution in [2.75, 3.05) is 7.11 Å². The highest BCUT2D eigenvalue weighted by atomic mass is 35.5. The Morgan fingerprint density at radius 3 is 2.20 bits per heavy atom. The number of methoxy groups -OCH3 is 1. The van der Waals surface area contributed by atoms with Gasteiger partial charge in [0.25, 0.3) is 0 Å². The predicted molar refractivity (Wildman–Crippen MR) is 84.7 cm³/mol. The van der Waals surface area contributed by atoms with Crippen molar-refractivity contribution in [3.8, 4) is 5.75 Å². The van der Waals surface area contributed by atoms with Crippen molar-refractivity contribution in [1.82, 2.24) is 0 Å². The van der Waals surface area contributed by atoms with Crippen molar-refractivity contribution in [3.63, 3.8) is 0 Å². The molecular formula is C16H17Cl2NO. The third-order valence-corrected chi connectivity index (χ3v) is 3.93. The van der Waals surface area contributed by atoms with Gasteiger partial charge in [-0.2, -0.15) is 0 Å². The second kappa shape index (κ2) is 6.98. The summed E-state index contributed by atoms with van der Waals surface area (Å²) in [6, 6.07) is 13.3. The highest BCUT2D eigenvalue weighted by Crippen LogP contribution is 2.31. The van der Waals surface area contributed by atoms with Crippen LogP contribution in [0.3, 0.4) is 0 Å². The fraction of sp³-hybridized carbons (Fsp3) is 0.250. The largest absolute Gasteiger partial charge is 0.497 e. The van der Waals surface area contributed by atoms with Crippen LogP contribution in [0.25, 0.3) is 0 Å². The van der Waals surface area contributed by atoms with Gasteiger partial charge in [0.2, 0.25) is 0 Å². The minimum Gasteiger partial charge on any atom is -0.497 e. The first kappa shape index (κ1) is 15.2. The van der Waals surface area contributed by atoms with Crippen LogP contribution in [-0.4, -0.2) is 7.11 Å². The van der Waals surface area contributed by atoms with E-state index in [-0.39, 0.29) is 6.04 Å². The minimum atomic E-state index is -0.168. The normalized spacial score (nSPS) is 12.2. The lowest BCUT2D eigenvalue weighted by Crippen LogP contribution is -2.12. The van der Waals surface area contributed by atoms with Crippen LogP contribution in [-0.2, 0) is 6.42 Å². The molecule has 0 bridgehead atoms. The molecule has 1 unspecified atom stereocenters. The van der Waals surface area contributed by atoms with Crippen molar-refractivity contribution >= 4 is 23.2 Å². The molecule has 0 aliphatic rings. The maximum absolute atomic E-state index is 6.21. The Bertz CT molecular complexity index is 549. The molecule has 20 heavy (non-hydrogen) atoms. The van der Waals surface area contributed by atoms with Gasteiger partial charge in [-0.15, -0.1) is 0 Å². The van der Waals surface area contributed by atoms with Gasteiger partial charge in [-0.05, 0) is 42.7 Å². The number of halogens is 2. The summed E-state index contributed by atoms with van der Waals surface area (Å²) in [4.78, 5) is 0. The van der Waals surface area contributed by atoms with E-state index in [1.54, 1.807) is 7.11 Å². The fourth-order valence-electron chi connectivity index (χ4n) is 2.12. The van der Waals surface area contributed by atoms with Gasteiger partial charge in [0.15, 0.2) is 0 Å². The molecule has 0 radical (unpaired) electrons. The van der Waals surface area contributed by atoms with Crippen LogP contribution < -0.4 is 10.5 Å². The summed E-state index contributed by atoms with van der Waals surface area (Å²) in [7, 11) is 1.66. The van der Waals surface area contributed by atoms with Crippen molar-refractivity contribution in [1.29, 1.82) is 0 Å². The van der Waals surface area contributed by atoms with Crippen molar-refractivity contribution in [2.24, 2.45) is 5.73 Å². The molecule has 2 aromatic rings. The lowest BCUT2D eigenvalue weighted by Gasteiger charge is -2.15. The summed E-state index contributed by atoms with van der Waals surface area (Å²) in [5.74, 6) is 0.854. The molecular weight excluding hydrogens is 293 g/mol. The fourth-order valence-corrected chi connectivity index (χ4v) is 2.80. The molecule has 4 heteroatoms. The molecule has 2 rings (SSSR count). The molecule has 0 spiro atoms. The summed E-state index contributed by atoms with van der Waals surface area (Å²) >= 11 is 12.3. The Kier molecular flexibility index (Phi) is 5.30. The van der Waals surface area contributed by atoms with E-state index in [9.17, 15) is 0 Å². The van der Waals surface area contributed by atoms with Gasteiger partial charge >= 0.3 is 0 Å². The third kappa shape index (κ3) is 3.66. The molecule has 0 heterocycles. The van der Waals surface area contributed by atoms with Crippen LogP contribution >= 0.6 is 23.2 Å². The van der Waals surface area contributed by atoms with E-state index in [1.807, 2.05) is 42.5 Å². The minimum absolute atomic E-state index is 0.168.